The lowest BCUT2D eigenvalue weighted by Gasteiger charge is -2.20. The molecule has 2 aromatic carbocycles. The van der Waals surface area contributed by atoms with Crippen LogP contribution in [0.15, 0.2) is 79.3 Å². The Morgan fingerprint density at radius 3 is 2.40 bits per heavy atom. The van der Waals surface area contributed by atoms with E-state index in [1.807, 2.05) is 54.6 Å². The quantitative estimate of drug-likeness (QED) is 0.619. The fourth-order valence-corrected chi connectivity index (χ4v) is 3.00. The predicted molar refractivity (Wildman–Crippen MR) is 94.6 cm³/mol. The molecular weight excluding hydrogens is 314 g/mol. The molecule has 0 saturated heterocycles. The number of carbonyl (C=O) groups is 1. The van der Waals surface area contributed by atoms with Gasteiger partial charge in [-0.05, 0) is 42.0 Å². The molecule has 0 bridgehead atoms. The minimum absolute atomic E-state index is 0.184. The number of hydrogen-bond donors (Lipinski definition) is 1. The number of aromatic carboxylic acids is 1. The topological polar surface area (TPSA) is 68.0 Å². The zero-order chi connectivity index (χ0) is 17.2. The summed E-state index contributed by atoms with van der Waals surface area (Å²) in [4.78, 5) is 20.1. The fourth-order valence-electron chi connectivity index (χ4n) is 3.00. The minimum atomic E-state index is -0.936. The normalized spacial score (nSPS) is 12.2. The Balaban J connectivity index is 1.89. The highest BCUT2D eigenvalue weighted by molar-refractivity contribution is 5.87. The highest BCUT2D eigenvalue weighted by Gasteiger charge is 2.20. The third kappa shape index (κ3) is 2.76. The first-order valence-electron chi connectivity index (χ1n) is 7.90. The van der Waals surface area contributed by atoms with Gasteiger partial charge in [0.15, 0.2) is 0 Å². The van der Waals surface area contributed by atoms with Crippen LogP contribution < -0.4 is 0 Å². The summed E-state index contributed by atoms with van der Waals surface area (Å²) in [5.74, 6) is -0.936. The molecule has 0 aliphatic rings. The Bertz CT molecular complexity index is 1020. The van der Waals surface area contributed by atoms with Crippen LogP contribution in [0.2, 0.25) is 0 Å². The van der Waals surface area contributed by atoms with Crippen LogP contribution in [0, 0.1) is 0 Å². The van der Waals surface area contributed by atoms with Crippen molar-refractivity contribution in [1.29, 1.82) is 0 Å². The summed E-state index contributed by atoms with van der Waals surface area (Å²) < 4.78 is 2.06. The minimum Gasteiger partial charge on any atom is -0.478 e. The Morgan fingerprint density at radius 2 is 1.68 bits per heavy atom. The van der Waals surface area contributed by atoms with E-state index in [0.29, 0.717) is 0 Å². The molecule has 5 heteroatoms. The van der Waals surface area contributed by atoms with Gasteiger partial charge < -0.3 is 9.67 Å². The number of pyridine rings is 1. The van der Waals surface area contributed by atoms with Crippen LogP contribution in [0.1, 0.15) is 27.7 Å². The van der Waals surface area contributed by atoms with Gasteiger partial charge in [-0.15, -0.1) is 0 Å². The molecule has 4 aromatic rings. The summed E-state index contributed by atoms with van der Waals surface area (Å²) in [6.45, 7) is 0. The largest absolute Gasteiger partial charge is 0.478 e. The number of benzene rings is 2. The van der Waals surface area contributed by atoms with Gasteiger partial charge in [0, 0.05) is 6.20 Å². The van der Waals surface area contributed by atoms with E-state index < -0.39 is 5.97 Å². The van der Waals surface area contributed by atoms with Gasteiger partial charge in [-0.3, -0.25) is 4.98 Å². The zero-order valence-corrected chi connectivity index (χ0v) is 13.3. The van der Waals surface area contributed by atoms with Crippen LogP contribution in [-0.4, -0.2) is 25.6 Å². The lowest BCUT2D eigenvalue weighted by Crippen LogP contribution is -2.13. The smallest absolute Gasteiger partial charge is 0.335 e. The van der Waals surface area contributed by atoms with Crippen LogP contribution in [0.4, 0.5) is 0 Å². The summed E-state index contributed by atoms with van der Waals surface area (Å²) >= 11 is 0. The van der Waals surface area contributed by atoms with Gasteiger partial charge >= 0.3 is 5.97 Å². The molecule has 1 N–H and O–H groups in total. The predicted octanol–water partition coefficient (Wildman–Crippen LogP) is 3.77. The van der Waals surface area contributed by atoms with Crippen molar-refractivity contribution in [3.05, 3.63) is 96.1 Å². The summed E-state index contributed by atoms with van der Waals surface area (Å²) in [6, 6.07) is 20.4. The van der Waals surface area contributed by atoms with Gasteiger partial charge in [-0.25, -0.2) is 9.78 Å². The SMILES string of the molecule is O=C(O)c1ccc(C(c2ccccn2)n2cnc3ccccc32)cc1. The summed E-state index contributed by atoms with van der Waals surface area (Å²) in [5, 5.41) is 9.13. The van der Waals surface area contributed by atoms with Crippen LogP contribution in [0.25, 0.3) is 11.0 Å². The lowest BCUT2D eigenvalue weighted by atomic mass is 10.0. The van der Waals surface area contributed by atoms with E-state index in [2.05, 4.69) is 14.5 Å². The highest BCUT2D eigenvalue weighted by atomic mass is 16.4. The molecule has 4 rings (SSSR count). The van der Waals surface area contributed by atoms with Crippen molar-refractivity contribution < 1.29 is 9.90 Å². The number of carboxylic acids is 1. The van der Waals surface area contributed by atoms with Crippen LogP contribution in [0.5, 0.6) is 0 Å². The second-order valence-corrected chi connectivity index (χ2v) is 5.72. The van der Waals surface area contributed by atoms with Crippen LogP contribution in [0.3, 0.4) is 0 Å². The average molecular weight is 329 g/mol. The first-order valence-corrected chi connectivity index (χ1v) is 7.90. The number of carboxylic acid groups (broad SMARTS) is 1. The molecule has 0 fully saturated rings. The fraction of sp³-hybridized carbons (Fsp3) is 0.0500. The first-order chi connectivity index (χ1) is 12.2. The Morgan fingerprint density at radius 1 is 0.920 bits per heavy atom. The van der Waals surface area contributed by atoms with Gasteiger partial charge in [-0.1, -0.05) is 30.3 Å². The number of para-hydroxylation sites is 2. The van der Waals surface area contributed by atoms with Crippen molar-refractivity contribution in [2.75, 3.05) is 0 Å². The van der Waals surface area contributed by atoms with Gasteiger partial charge in [0.25, 0.3) is 0 Å². The number of aromatic nitrogens is 3. The summed E-state index contributed by atoms with van der Waals surface area (Å²) in [5.41, 5.74) is 3.99. The maximum absolute atomic E-state index is 11.1. The van der Waals surface area contributed by atoms with Gasteiger partial charge in [-0.2, -0.15) is 0 Å². The molecule has 1 unspecified atom stereocenters. The van der Waals surface area contributed by atoms with E-state index >= 15 is 0 Å². The van der Waals surface area contributed by atoms with E-state index in [0.717, 1.165) is 22.3 Å². The Kier molecular flexibility index (Phi) is 3.74. The maximum Gasteiger partial charge on any atom is 0.335 e. The molecule has 2 aromatic heterocycles. The zero-order valence-electron chi connectivity index (χ0n) is 13.3. The third-order valence-electron chi connectivity index (χ3n) is 4.20. The van der Waals surface area contributed by atoms with Crippen molar-refractivity contribution >= 4 is 17.0 Å². The van der Waals surface area contributed by atoms with Crippen molar-refractivity contribution in [2.45, 2.75) is 6.04 Å². The Labute approximate surface area is 144 Å². The van der Waals surface area contributed by atoms with Gasteiger partial charge in [0.1, 0.15) is 6.04 Å². The number of fused-ring (bicyclic) bond motifs is 1. The van der Waals surface area contributed by atoms with E-state index in [-0.39, 0.29) is 11.6 Å². The van der Waals surface area contributed by atoms with Crippen molar-refractivity contribution in [3.63, 3.8) is 0 Å². The number of nitrogens with zero attached hydrogens (tertiary/aromatic N) is 3. The summed E-state index contributed by atoms with van der Waals surface area (Å²) in [7, 11) is 0. The lowest BCUT2D eigenvalue weighted by molar-refractivity contribution is 0.0697. The number of rotatable bonds is 4. The van der Waals surface area contributed by atoms with E-state index in [1.54, 1.807) is 24.7 Å². The van der Waals surface area contributed by atoms with Crippen LogP contribution in [-0.2, 0) is 0 Å². The molecule has 1 atom stereocenters. The van der Waals surface area contributed by atoms with Crippen molar-refractivity contribution in [2.24, 2.45) is 0 Å². The molecule has 0 saturated carbocycles. The second-order valence-electron chi connectivity index (χ2n) is 5.72. The standard InChI is InChI=1S/C20H15N3O2/c24-20(25)15-10-8-14(9-11-15)19(17-6-3-4-12-21-17)23-13-22-16-5-1-2-7-18(16)23/h1-13,19H,(H,24,25). The van der Waals surface area contributed by atoms with Crippen molar-refractivity contribution in [3.8, 4) is 0 Å². The van der Waals surface area contributed by atoms with Gasteiger partial charge in [0.2, 0.25) is 0 Å². The molecule has 5 nitrogen and oxygen atoms in total. The molecule has 0 spiro atoms. The monoisotopic (exact) mass is 329 g/mol. The molecule has 0 aliphatic carbocycles. The molecule has 2 heterocycles. The van der Waals surface area contributed by atoms with Gasteiger partial charge in [0.05, 0.1) is 28.6 Å². The molecule has 122 valence electrons. The first kappa shape index (κ1) is 15.1. The highest BCUT2D eigenvalue weighted by Crippen LogP contribution is 2.29. The number of hydrogen-bond acceptors (Lipinski definition) is 3. The van der Waals surface area contributed by atoms with Crippen LogP contribution >= 0.6 is 0 Å². The molecule has 0 amide bonds. The summed E-state index contributed by atoms with van der Waals surface area (Å²) in [6.07, 6.45) is 3.56. The Hall–Kier alpha value is -3.47. The average Bonchev–Trinajstić information content (AvgIpc) is 3.07. The third-order valence-corrected chi connectivity index (χ3v) is 4.20. The van der Waals surface area contributed by atoms with E-state index in [1.165, 1.54) is 0 Å². The van der Waals surface area contributed by atoms with Crippen molar-refractivity contribution in [1.82, 2.24) is 14.5 Å². The molecule has 0 aliphatic heterocycles. The second kappa shape index (κ2) is 6.20. The number of imidazole rings is 1. The maximum atomic E-state index is 11.1. The van der Waals surface area contributed by atoms with E-state index in [9.17, 15) is 4.79 Å². The molecule has 25 heavy (non-hydrogen) atoms. The molecular formula is C20H15N3O2. The molecule has 0 radical (unpaired) electrons. The van der Waals surface area contributed by atoms with E-state index in [4.69, 9.17) is 5.11 Å².